The molecule has 1 saturated heterocycles. The smallest absolute Gasteiger partial charge is 0.264 e. The molecule has 3 aromatic carbocycles. The van der Waals surface area contributed by atoms with Gasteiger partial charge >= 0.3 is 0 Å². The molecule has 1 spiro atoms. The number of likely N-dealkylation sites (tertiary alicyclic amines) is 1. The second-order valence-corrected chi connectivity index (χ2v) is 16.0. The van der Waals surface area contributed by atoms with E-state index in [4.69, 9.17) is 9.72 Å². The number of aromatic nitrogens is 2. The maximum atomic E-state index is 13.5. The molecule has 6 rings (SSSR count). The van der Waals surface area contributed by atoms with Gasteiger partial charge in [-0.2, -0.15) is 4.98 Å². The first kappa shape index (κ1) is 35.0. The molecule has 9 nitrogen and oxygen atoms in total. The highest BCUT2D eigenvalue weighted by atomic mass is 32.2. The van der Waals surface area contributed by atoms with E-state index in [-0.39, 0.29) is 29.5 Å². The zero-order chi connectivity index (χ0) is 34.6. The lowest BCUT2D eigenvalue weighted by Gasteiger charge is -2.56. The van der Waals surface area contributed by atoms with Gasteiger partial charge in [-0.3, -0.25) is 4.90 Å². The Morgan fingerprint density at radius 1 is 0.959 bits per heavy atom. The third-order valence-corrected chi connectivity index (χ3v) is 11.5. The van der Waals surface area contributed by atoms with Gasteiger partial charge in [-0.25, -0.2) is 18.1 Å². The van der Waals surface area contributed by atoms with Crippen molar-refractivity contribution in [2.75, 3.05) is 38.2 Å². The van der Waals surface area contributed by atoms with Crippen LogP contribution in [0.3, 0.4) is 0 Å². The van der Waals surface area contributed by atoms with E-state index in [0.717, 1.165) is 54.6 Å². The molecule has 1 aliphatic carbocycles. The van der Waals surface area contributed by atoms with E-state index in [9.17, 15) is 13.5 Å². The van der Waals surface area contributed by atoms with Gasteiger partial charge in [0.25, 0.3) is 10.0 Å². The summed E-state index contributed by atoms with van der Waals surface area (Å²) in [6, 6.07) is 26.7. The maximum absolute atomic E-state index is 13.5. The van der Waals surface area contributed by atoms with Gasteiger partial charge in [0.15, 0.2) is 0 Å². The lowest BCUT2D eigenvalue weighted by Crippen LogP contribution is -2.58. The molecule has 1 aromatic heterocycles. The lowest BCUT2D eigenvalue weighted by atomic mass is 9.60. The lowest BCUT2D eigenvalue weighted by molar-refractivity contribution is -0.0914. The zero-order valence-corrected chi connectivity index (χ0v) is 29.9. The van der Waals surface area contributed by atoms with Gasteiger partial charge in [-0.15, -0.1) is 0 Å². The minimum absolute atomic E-state index is 0.0393. The van der Waals surface area contributed by atoms with Gasteiger partial charge in [0.1, 0.15) is 6.61 Å². The average molecular weight is 684 g/mol. The Morgan fingerprint density at radius 3 is 2.33 bits per heavy atom. The Balaban J connectivity index is 1.30. The van der Waals surface area contributed by atoms with Crippen molar-refractivity contribution in [3.8, 4) is 28.3 Å². The van der Waals surface area contributed by atoms with Gasteiger partial charge in [0.05, 0.1) is 17.3 Å². The summed E-state index contributed by atoms with van der Waals surface area (Å²) in [6.07, 6.45) is 5.44. The first-order chi connectivity index (χ1) is 23.5. The van der Waals surface area contributed by atoms with E-state index in [1.807, 2.05) is 67.6 Å². The van der Waals surface area contributed by atoms with Crippen molar-refractivity contribution in [2.24, 2.45) is 11.3 Å². The number of aliphatic hydroxyl groups excluding tert-OH is 1. The van der Waals surface area contributed by atoms with Crippen LogP contribution >= 0.6 is 0 Å². The van der Waals surface area contributed by atoms with Crippen LogP contribution in [0.25, 0.3) is 22.4 Å². The number of aryl methyl sites for hydroxylation is 1. The van der Waals surface area contributed by atoms with Crippen molar-refractivity contribution in [2.45, 2.75) is 69.9 Å². The third-order valence-electron chi connectivity index (χ3n) is 10.2. The molecule has 260 valence electrons. The molecule has 1 saturated carbocycles. The molecule has 1 atom stereocenters. The van der Waals surface area contributed by atoms with E-state index in [2.05, 4.69) is 40.4 Å². The second-order valence-electron chi connectivity index (χ2n) is 14.4. The Bertz CT molecular complexity index is 1820. The Labute approximate surface area is 291 Å². The summed E-state index contributed by atoms with van der Waals surface area (Å²) in [4.78, 5) is 14.0. The van der Waals surface area contributed by atoms with Crippen LogP contribution in [0.1, 0.15) is 51.5 Å². The normalized spacial score (nSPS) is 17.3. The van der Waals surface area contributed by atoms with Crippen LogP contribution in [0.15, 0.2) is 89.8 Å². The molecule has 2 aliphatic rings. The summed E-state index contributed by atoms with van der Waals surface area (Å²) in [7, 11) is -1.79. The molecular weight excluding hydrogens is 635 g/mol. The van der Waals surface area contributed by atoms with E-state index in [1.54, 1.807) is 24.3 Å². The molecule has 2 heterocycles. The minimum Gasteiger partial charge on any atom is -0.476 e. The van der Waals surface area contributed by atoms with Gasteiger partial charge in [0, 0.05) is 23.7 Å². The van der Waals surface area contributed by atoms with Crippen molar-refractivity contribution in [3.05, 3.63) is 90.5 Å². The molecule has 1 aliphatic heterocycles. The number of ether oxygens (including phenoxy) is 1. The number of benzene rings is 3. The van der Waals surface area contributed by atoms with Crippen molar-refractivity contribution >= 4 is 16.0 Å². The van der Waals surface area contributed by atoms with E-state index in [0.29, 0.717) is 29.7 Å². The standard InChI is InChI=1S/C39H49N5O4S/c1-28(2)21-31(44(27-45)32-24-39(25-32)17-19-43(4)20-18-39)26-48-37-23-36(35-16-9-8-15-34(35)30-12-6-5-7-13-30)40-38(41-37)42-49(46,47)33-14-10-11-29(3)22-33/h5-16,22-23,28,31-32,45H,17-21,24-27H2,1-4H3,(H,40,41,42)/t31-/m1/s1. The molecule has 10 heteroatoms. The van der Waals surface area contributed by atoms with Crippen molar-refractivity contribution in [3.63, 3.8) is 0 Å². The van der Waals surface area contributed by atoms with Gasteiger partial charge < -0.3 is 14.7 Å². The summed E-state index contributed by atoms with van der Waals surface area (Å²) in [5, 5.41) is 10.7. The summed E-state index contributed by atoms with van der Waals surface area (Å²) >= 11 is 0. The fourth-order valence-electron chi connectivity index (χ4n) is 7.45. The van der Waals surface area contributed by atoms with Gasteiger partial charge in [-0.1, -0.05) is 80.6 Å². The zero-order valence-electron chi connectivity index (χ0n) is 29.0. The molecule has 0 bridgehead atoms. The van der Waals surface area contributed by atoms with E-state index in [1.165, 1.54) is 12.8 Å². The number of hydrogen-bond donors (Lipinski definition) is 2. The van der Waals surface area contributed by atoms with Crippen LogP contribution < -0.4 is 9.46 Å². The molecule has 0 amide bonds. The van der Waals surface area contributed by atoms with E-state index < -0.39 is 10.0 Å². The van der Waals surface area contributed by atoms with E-state index >= 15 is 0 Å². The molecular formula is C39H49N5O4S. The molecule has 49 heavy (non-hydrogen) atoms. The molecule has 2 fully saturated rings. The number of piperidine rings is 1. The molecule has 0 radical (unpaired) electrons. The van der Waals surface area contributed by atoms with Crippen LogP contribution in [0.4, 0.5) is 5.95 Å². The number of sulfonamides is 1. The third kappa shape index (κ3) is 8.32. The number of aliphatic hydroxyl groups is 1. The highest BCUT2D eigenvalue weighted by Crippen LogP contribution is 2.51. The second kappa shape index (κ2) is 15.0. The number of nitrogens with one attached hydrogen (secondary N) is 1. The molecule has 2 N–H and O–H groups in total. The Morgan fingerprint density at radius 2 is 1.65 bits per heavy atom. The Hall–Kier alpha value is -3.83. The first-order valence-electron chi connectivity index (χ1n) is 17.4. The van der Waals surface area contributed by atoms with Gasteiger partial charge in [0.2, 0.25) is 11.8 Å². The maximum Gasteiger partial charge on any atom is 0.264 e. The monoisotopic (exact) mass is 683 g/mol. The number of nitrogens with zero attached hydrogens (tertiary/aromatic N) is 4. The summed E-state index contributed by atoms with van der Waals surface area (Å²) in [5.41, 5.74) is 4.54. The largest absolute Gasteiger partial charge is 0.476 e. The predicted octanol–water partition coefficient (Wildman–Crippen LogP) is 6.84. The minimum atomic E-state index is -3.98. The van der Waals surface area contributed by atoms with Crippen LogP contribution in [0.2, 0.25) is 0 Å². The molecule has 4 aromatic rings. The predicted molar refractivity (Wildman–Crippen MR) is 195 cm³/mol. The fourth-order valence-corrected chi connectivity index (χ4v) is 8.50. The number of rotatable bonds is 13. The Kier molecular flexibility index (Phi) is 10.7. The van der Waals surface area contributed by atoms with Gasteiger partial charge in [-0.05, 0) is 99.3 Å². The van der Waals surface area contributed by atoms with Crippen LogP contribution in [-0.2, 0) is 10.0 Å². The topological polar surface area (TPSA) is 108 Å². The van der Waals surface area contributed by atoms with Crippen molar-refractivity contribution in [1.29, 1.82) is 0 Å². The highest BCUT2D eigenvalue weighted by Gasteiger charge is 2.48. The van der Waals surface area contributed by atoms with Crippen LogP contribution in [0.5, 0.6) is 5.88 Å². The summed E-state index contributed by atoms with van der Waals surface area (Å²) in [5.74, 6) is 0.580. The quantitative estimate of drug-likeness (QED) is 0.148. The summed E-state index contributed by atoms with van der Waals surface area (Å²) < 4.78 is 36.1. The average Bonchev–Trinajstić information content (AvgIpc) is 3.07. The van der Waals surface area contributed by atoms with Crippen molar-refractivity contribution in [1.82, 2.24) is 19.8 Å². The first-order valence-corrected chi connectivity index (χ1v) is 18.8. The molecule has 0 unspecified atom stereocenters. The fraction of sp³-hybridized carbons (Fsp3) is 0.436. The summed E-state index contributed by atoms with van der Waals surface area (Å²) in [6.45, 7) is 8.73. The number of hydrogen-bond acceptors (Lipinski definition) is 8. The van der Waals surface area contributed by atoms with Crippen LogP contribution in [-0.4, -0.2) is 78.9 Å². The highest BCUT2D eigenvalue weighted by molar-refractivity contribution is 7.92. The van der Waals surface area contributed by atoms with Crippen LogP contribution in [0, 0.1) is 18.3 Å². The number of anilines is 1. The SMILES string of the molecule is Cc1cccc(S(=O)(=O)Nc2nc(OC[C@@H](CC(C)C)N(CO)C3CC4(CCN(C)CC4)C3)cc(-c3ccccc3-c3ccccc3)n2)c1. The van der Waals surface area contributed by atoms with Crippen molar-refractivity contribution < 1.29 is 18.3 Å².